The summed E-state index contributed by atoms with van der Waals surface area (Å²) in [5.74, 6) is 0.380. The summed E-state index contributed by atoms with van der Waals surface area (Å²) < 4.78 is 29.4. The first-order chi connectivity index (χ1) is 12.5. The van der Waals surface area contributed by atoms with Gasteiger partial charge < -0.3 is 9.64 Å². The molecule has 2 aromatic carbocycles. The van der Waals surface area contributed by atoms with Gasteiger partial charge in [-0.3, -0.25) is 4.79 Å². The quantitative estimate of drug-likeness (QED) is 0.807. The lowest BCUT2D eigenvalue weighted by atomic mass is 9.92. The number of benzene rings is 2. The molecule has 2 aromatic rings. The average molecular weight is 385 g/mol. The van der Waals surface area contributed by atoms with Crippen LogP contribution in [0.5, 0.6) is 0 Å². The highest BCUT2D eigenvalue weighted by molar-refractivity contribution is 7.90. The fraction of sp³-hybridized carbons (Fsp3) is 0.286. The maximum atomic E-state index is 13.0. The molecule has 0 atom stereocenters. The fourth-order valence-corrected chi connectivity index (χ4v) is 3.63. The molecule has 0 aliphatic carbocycles. The predicted octanol–water partition coefficient (Wildman–Crippen LogP) is 3.40. The molecule has 0 amide bonds. The Kier molecular flexibility index (Phi) is 4.64. The van der Waals surface area contributed by atoms with E-state index in [2.05, 4.69) is 0 Å². The Morgan fingerprint density at radius 1 is 0.889 bits per heavy atom. The van der Waals surface area contributed by atoms with Crippen LogP contribution in [0.2, 0.25) is 0 Å². The number of carbonyl (C=O) groups excluding carboxylic acids is 1. The van der Waals surface area contributed by atoms with E-state index in [1.165, 1.54) is 12.1 Å². The zero-order valence-electron chi connectivity index (χ0n) is 16.1. The number of Topliss-reactive ketones (excluding diaryl/α,β-unsaturated/α-hetero) is 1. The number of sulfone groups is 1. The summed E-state index contributed by atoms with van der Waals surface area (Å²) in [6.07, 6.45) is 1.16. The Morgan fingerprint density at radius 2 is 1.41 bits per heavy atom. The Hall–Kier alpha value is -2.60. The van der Waals surface area contributed by atoms with E-state index in [1.807, 2.05) is 43.3 Å². The van der Waals surface area contributed by atoms with E-state index in [9.17, 15) is 13.2 Å². The Morgan fingerprint density at radius 3 is 1.89 bits per heavy atom. The third-order valence-corrected chi connectivity index (χ3v) is 5.70. The van der Waals surface area contributed by atoms with Gasteiger partial charge in [0.05, 0.1) is 10.5 Å². The molecule has 0 saturated carbocycles. The second-order valence-corrected chi connectivity index (χ2v) is 9.40. The van der Waals surface area contributed by atoms with Gasteiger partial charge >= 0.3 is 0 Å². The molecule has 3 rings (SSSR count). The molecular formula is C21H23NO4S. The van der Waals surface area contributed by atoms with Gasteiger partial charge in [0, 0.05) is 31.6 Å². The van der Waals surface area contributed by atoms with Gasteiger partial charge in [0.2, 0.25) is 5.78 Å². The molecule has 5 nitrogen and oxygen atoms in total. The van der Waals surface area contributed by atoms with Crippen LogP contribution in [0.25, 0.3) is 11.3 Å². The van der Waals surface area contributed by atoms with Crippen LogP contribution in [0, 0.1) is 0 Å². The van der Waals surface area contributed by atoms with E-state index in [4.69, 9.17) is 4.74 Å². The molecular weight excluding hydrogens is 362 g/mol. The SMILES string of the molecule is CN(C)c1ccc(C2=C(c3ccc(S(C)(=O)=O)cc3)OC(C)(C)C2=O)cc1. The van der Waals surface area contributed by atoms with Gasteiger partial charge in [-0.15, -0.1) is 0 Å². The van der Waals surface area contributed by atoms with Gasteiger partial charge in [0.25, 0.3) is 0 Å². The van der Waals surface area contributed by atoms with Crippen molar-refractivity contribution < 1.29 is 17.9 Å². The molecule has 0 radical (unpaired) electrons. The van der Waals surface area contributed by atoms with E-state index in [1.54, 1.807) is 26.0 Å². The topological polar surface area (TPSA) is 63.7 Å². The summed E-state index contributed by atoms with van der Waals surface area (Å²) in [5.41, 5.74) is 2.02. The molecule has 0 fully saturated rings. The number of rotatable bonds is 4. The third kappa shape index (κ3) is 3.62. The largest absolute Gasteiger partial charge is 0.478 e. The normalized spacial score (nSPS) is 16.4. The molecule has 27 heavy (non-hydrogen) atoms. The lowest BCUT2D eigenvalue weighted by molar-refractivity contribution is -0.125. The van der Waals surface area contributed by atoms with E-state index in [-0.39, 0.29) is 10.7 Å². The van der Waals surface area contributed by atoms with Crippen LogP contribution in [-0.2, 0) is 19.4 Å². The average Bonchev–Trinajstić information content (AvgIpc) is 2.84. The maximum absolute atomic E-state index is 13.0. The van der Waals surface area contributed by atoms with Gasteiger partial charge in [-0.05, 0) is 55.8 Å². The highest BCUT2D eigenvalue weighted by Crippen LogP contribution is 2.41. The van der Waals surface area contributed by atoms with E-state index in [0.717, 1.165) is 17.5 Å². The van der Waals surface area contributed by atoms with Crippen LogP contribution in [0.15, 0.2) is 53.4 Å². The molecule has 0 saturated heterocycles. The van der Waals surface area contributed by atoms with Gasteiger partial charge in [-0.1, -0.05) is 12.1 Å². The summed E-state index contributed by atoms with van der Waals surface area (Å²) >= 11 is 0. The highest BCUT2D eigenvalue weighted by atomic mass is 32.2. The van der Waals surface area contributed by atoms with E-state index < -0.39 is 15.4 Å². The number of ketones is 1. The summed E-state index contributed by atoms with van der Waals surface area (Å²) in [7, 11) is 0.625. The molecule has 1 aliphatic rings. The second kappa shape index (κ2) is 6.53. The lowest BCUT2D eigenvalue weighted by Crippen LogP contribution is -2.29. The summed E-state index contributed by atoms with van der Waals surface area (Å²) in [5, 5.41) is 0. The molecule has 0 spiro atoms. The zero-order valence-corrected chi connectivity index (χ0v) is 16.9. The fourth-order valence-electron chi connectivity index (χ4n) is 3.00. The molecule has 142 valence electrons. The van der Waals surface area contributed by atoms with Gasteiger partial charge in [-0.2, -0.15) is 0 Å². The number of nitrogens with zero attached hydrogens (tertiary/aromatic N) is 1. The van der Waals surface area contributed by atoms with Crippen LogP contribution >= 0.6 is 0 Å². The van der Waals surface area contributed by atoms with E-state index in [0.29, 0.717) is 16.9 Å². The number of carbonyl (C=O) groups is 1. The molecule has 6 heteroatoms. The van der Waals surface area contributed by atoms with Gasteiger partial charge in [0.1, 0.15) is 5.76 Å². The summed E-state index contributed by atoms with van der Waals surface area (Å²) in [6.45, 7) is 3.47. The number of ether oxygens (including phenoxy) is 1. The maximum Gasteiger partial charge on any atom is 0.210 e. The Labute approximate surface area is 160 Å². The summed E-state index contributed by atoms with van der Waals surface area (Å²) in [4.78, 5) is 15.2. The first-order valence-corrected chi connectivity index (χ1v) is 10.5. The van der Waals surface area contributed by atoms with Crippen molar-refractivity contribution in [1.29, 1.82) is 0 Å². The molecule has 0 N–H and O–H groups in total. The molecule has 1 aliphatic heterocycles. The third-order valence-electron chi connectivity index (χ3n) is 4.58. The van der Waals surface area contributed by atoms with Crippen LogP contribution in [0.3, 0.4) is 0 Å². The Bertz CT molecular complexity index is 1010. The monoisotopic (exact) mass is 385 g/mol. The van der Waals surface area contributed by atoms with Crippen LogP contribution < -0.4 is 4.90 Å². The predicted molar refractivity (Wildman–Crippen MR) is 107 cm³/mol. The van der Waals surface area contributed by atoms with Crippen LogP contribution in [0.4, 0.5) is 5.69 Å². The van der Waals surface area contributed by atoms with Crippen molar-refractivity contribution in [1.82, 2.24) is 0 Å². The van der Waals surface area contributed by atoms with Crippen molar-refractivity contribution >= 4 is 32.6 Å². The van der Waals surface area contributed by atoms with Crippen molar-refractivity contribution in [3.8, 4) is 0 Å². The van der Waals surface area contributed by atoms with Crippen LogP contribution in [0.1, 0.15) is 25.0 Å². The van der Waals surface area contributed by atoms with Gasteiger partial charge in [-0.25, -0.2) is 8.42 Å². The first kappa shape index (κ1) is 19.2. The van der Waals surface area contributed by atoms with Gasteiger partial charge in [0.15, 0.2) is 15.4 Å². The van der Waals surface area contributed by atoms with E-state index >= 15 is 0 Å². The summed E-state index contributed by atoms with van der Waals surface area (Å²) in [6, 6.07) is 14.1. The van der Waals surface area contributed by atoms with Crippen molar-refractivity contribution in [2.24, 2.45) is 0 Å². The minimum atomic E-state index is -3.28. The molecule has 0 unspecified atom stereocenters. The van der Waals surface area contributed by atoms with Crippen molar-refractivity contribution in [2.45, 2.75) is 24.3 Å². The molecule has 0 aromatic heterocycles. The highest BCUT2D eigenvalue weighted by Gasteiger charge is 2.42. The second-order valence-electron chi connectivity index (χ2n) is 7.38. The van der Waals surface area contributed by atoms with Crippen LogP contribution in [-0.4, -0.2) is 40.2 Å². The van der Waals surface area contributed by atoms with Crippen molar-refractivity contribution in [3.05, 3.63) is 59.7 Å². The molecule has 0 bridgehead atoms. The first-order valence-electron chi connectivity index (χ1n) is 8.57. The number of anilines is 1. The number of hydrogen-bond donors (Lipinski definition) is 0. The smallest absolute Gasteiger partial charge is 0.210 e. The zero-order chi connectivity index (χ0) is 20.0. The lowest BCUT2D eigenvalue weighted by Gasteiger charge is -2.18. The minimum Gasteiger partial charge on any atom is -0.478 e. The standard InChI is InChI=1S/C21H23NO4S/c1-21(2)20(23)18(14-6-10-16(11-7-14)22(3)4)19(26-21)15-8-12-17(13-9-15)27(5,24)25/h6-13H,1-5H3. The van der Waals surface area contributed by atoms with Crippen molar-refractivity contribution in [3.63, 3.8) is 0 Å². The van der Waals surface area contributed by atoms with Crippen molar-refractivity contribution in [2.75, 3.05) is 25.3 Å². The molecule has 1 heterocycles. The Balaban J connectivity index is 2.12. The number of hydrogen-bond acceptors (Lipinski definition) is 5. The minimum absolute atomic E-state index is 0.0951.